The summed E-state index contributed by atoms with van der Waals surface area (Å²) in [6.07, 6.45) is 0. The molecule has 0 aromatic carbocycles. The Morgan fingerprint density at radius 1 is 1.47 bits per heavy atom. The van der Waals surface area contributed by atoms with Gasteiger partial charge < -0.3 is 15.5 Å². The van der Waals surface area contributed by atoms with Gasteiger partial charge in [-0.3, -0.25) is 9.69 Å². The number of nitrogens with one attached hydrogen (secondary N) is 1. The number of hydrogen-bond acceptors (Lipinski definition) is 4. The number of nitrogens with two attached hydrogens (primary N) is 1. The van der Waals surface area contributed by atoms with Gasteiger partial charge in [0.15, 0.2) is 0 Å². The average molecular weight is 267 g/mol. The molecule has 1 heterocycles. The van der Waals surface area contributed by atoms with E-state index >= 15 is 0 Å². The van der Waals surface area contributed by atoms with Crippen molar-refractivity contribution in [3.05, 3.63) is 23.7 Å². The number of nitrogens with zero attached hydrogens (tertiary/aromatic N) is 1. The summed E-state index contributed by atoms with van der Waals surface area (Å²) < 4.78 is 5.67. The molecule has 1 aromatic rings. The van der Waals surface area contributed by atoms with Crippen LogP contribution >= 0.6 is 0 Å². The van der Waals surface area contributed by atoms with Crippen LogP contribution in [0.25, 0.3) is 0 Å². The van der Waals surface area contributed by atoms with E-state index in [4.69, 9.17) is 10.2 Å². The highest BCUT2D eigenvalue weighted by Gasteiger charge is 2.26. The molecule has 0 fully saturated rings. The van der Waals surface area contributed by atoms with Crippen LogP contribution in [0.4, 0.5) is 0 Å². The first-order chi connectivity index (χ1) is 8.86. The van der Waals surface area contributed by atoms with E-state index in [2.05, 4.69) is 10.2 Å². The maximum atomic E-state index is 11.6. The lowest BCUT2D eigenvalue weighted by Crippen LogP contribution is -2.41. The largest absolute Gasteiger partial charge is 0.465 e. The van der Waals surface area contributed by atoms with Gasteiger partial charge in [-0.25, -0.2) is 0 Å². The van der Waals surface area contributed by atoms with E-state index in [0.29, 0.717) is 6.54 Å². The van der Waals surface area contributed by atoms with Gasteiger partial charge in [0.25, 0.3) is 0 Å². The van der Waals surface area contributed by atoms with Gasteiger partial charge in [0, 0.05) is 25.6 Å². The van der Waals surface area contributed by atoms with Crippen molar-refractivity contribution >= 4 is 5.91 Å². The minimum atomic E-state index is -0.0905. The number of carbonyl (C=O) groups is 1. The first kappa shape index (κ1) is 15.7. The summed E-state index contributed by atoms with van der Waals surface area (Å²) in [5.74, 6) is 1.66. The molecule has 0 bridgehead atoms. The standard InChI is InChI=1S/C14H25N3O2/c1-9(14(18)16-4)8-17(5)13(11(3)15)12-7-6-10(2)19-12/h6-7,9,11,13H,8,15H2,1-5H3,(H,16,18). The van der Waals surface area contributed by atoms with Gasteiger partial charge in [0.05, 0.1) is 6.04 Å². The van der Waals surface area contributed by atoms with Crippen LogP contribution in [0, 0.1) is 12.8 Å². The Morgan fingerprint density at radius 3 is 2.53 bits per heavy atom. The SMILES string of the molecule is CNC(=O)C(C)CN(C)C(c1ccc(C)o1)C(C)N. The molecule has 0 aliphatic heterocycles. The smallest absolute Gasteiger partial charge is 0.223 e. The lowest BCUT2D eigenvalue weighted by molar-refractivity contribution is -0.124. The van der Waals surface area contributed by atoms with Crippen LogP contribution in [0.5, 0.6) is 0 Å². The summed E-state index contributed by atoms with van der Waals surface area (Å²) in [5.41, 5.74) is 6.06. The van der Waals surface area contributed by atoms with Crippen LogP contribution in [0.3, 0.4) is 0 Å². The number of rotatable bonds is 6. The third kappa shape index (κ3) is 4.08. The summed E-state index contributed by atoms with van der Waals surface area (Å²) in [7, 11) is 3.61. The fourth-order valence-corrected chi connectivity index (χ4v) is 2.36. The van der Waals surface area contributed by atoms with Crippen molar-refractivity contribution in [1.82, 2.24) is 10.2 Å². The number of amides is 1. The summed E-state index contributed by atoms with van der Waals surface area (Å²) in [6, 6.07) is 3.78. The molecule has 5 nitrogen and oxygen atoms in total. The van der Waals surface area contributed by atoms with Crippen LogP contribution in [0.1, 0.15) is 31.4 Å². The molecular weight excluding hydrogens is 242 g/mol. The van der Waals surface area contributed by atoms with Crippen LogP contribution in [0.2, 0.25) is 0 Å². The zero-order valence-electron chi connectivity index (χ0n) is 12.4. The minimum absolute atomic E-state index is 0.0270. The molecule has 1 aromatic heterocycles. The Kier molecular flexibility index (Phi) is 5.57. The molecule has 19 heavy (non-hydrogen) atoms. The Morgan fingerprint density at radius 2 is 2.11 bits per heavy atom. The maximum Gasteiger partial charge on any atom is 0.223 e. The molecule has 3 N–H and O–H groups in total. The van der Waals surface area contributed by atoms with Crippen LogP contribution in [-0.2, 0) is 4.79 Å². The van der Waals surface area contributed by atoms with E-state index in [9.17, 15) is 4.79 Å². The van der Waals surface area contributed by atoms with Crippen LogP contribution in [0.15, 0.2) is 16.5 Å². The highest BCUT2D eigenvalue weighted by atomic mass is 16.3. The fraction of sp³-hybridized carbons (Fsp3) is 0.643. The van der Waals surface area contributed by atoms with Gasteiger partial charge in [0.1, 0.15) is 11.5 Å². The van der Waals surface area contributed by atoms with Gasteiger partial charge in [0.2, 0.25) is 5.91 Å². The van der Waals surface area contributed by atoms with Crippen molar-refractivity contribution in [3.8, 4) is 0 Å². The van der Waals surface area contributed by atoms with Gasteiger partial charge in [-0.05, 0) is 33.0 Å². The average Bonchev–Trinajstić information content (AvgIpc) is 2.73. The number of likely N-dealkylation sites (N-methyl/N-ethyl adjacent to an activating group) is 1. The molecule has 0 saturated heterocycles. The van der Waals surface area contributed by atoms with E-state index < -0.39 is 0 Å². The first-order valence-electron chi connectivity index (χ1n) is 6.60. The molecule has 1 rings (SSSR count). The van der Waals surface area contributed by atoms with Crippen LogP contribution in [-0.4, -0.2) is 37.5 Å². The molecular formula is C14H25N3O2. The molecule has 1 amide bonds. The summed E-state index contributed by atoms with van der Waals surface area (Å²) >= 11 is 0. The first-order valence-corrected chi connectivity index (χ1v) is 6.60. The van der Waals surface area contributed by atoms with Gasteiger partial charge in [-0.1, -0.05) is 6.92 Å². The quantitative estimate of drug-likeness (QED) is 0.814. The molecule has 3 atom stereocenters. The molecule has 0 spiro atoms. The van der Waals surface area contributed by atoms with E-state index in [1.165, 1.54) is 0 Å². The molecule has 5 heteroatoms. The number of aryl methyl sites for hydroxylation is 1. The second kappa shape index (κ2) is 6.73. The third-order valence-corrected chi connectivity index (χ3v) is 3.28. The molecule has 0 saturated carbocycles. The molecule has 0 aliphatic rings. The molecule has 3 unspecified atom stereocenters. The van der Waals surface area contributed by atoms with Crippen molar-refractivity contribution in [1.29, 1.82) is 0 Å². The van der Waals surface area contributed by atoms with Crippen molar-refractivity contribution in [3.63, 3.8) is 0 Å². The Bertz CT molecular complexity index is 415. The summed E-state index contributed by atoms with van der Waals surface area (Å²) in [6.45, 7) is 6.39. The van der Waals surface area contributed by atoms with Crippen LogP contribution < -0.4 is 11.1 Å². The van der Waals surface area contributed by atoms with E-state index in [1.54, 1.807) is 7.05 Å². The third-order valence-electron chi connectivity index (χ3n) is 3.28. The van der Waals surface area contributed by atoms with Crippen molar-refractivity contribution in [2.75, 3.05) is 20.6 Å². The van der Waals surface area contributed by atoms with Crippen molar-refractivity contribution in [2.45, 2.75) is 32.9 Å². The molecule has 0 radical (unpaired) electrons. The highest BCUT2D eigenvalue weighted by molar-refractivity contribution is 5.78. The lowest BCUT2D eigenvalue weighted by atomic mass is 10.0. The van der Waals surface area contributed by atoms with Gasteiger partial charge >= 0.3 is 0 Å². The predicted molar refractivity (Wildman–Crippen MR) is 75.7 cm³/mol. The number of hydrogen-bond donors (Lipinski definition) is 2. The minimum Gasteiger partial charge on any atom is -0.465 e. The summed E-state index contributed by atoms with van der Waals surface area (Å²) in [5, 5.41) is 2.66. The Balaban J connectivity index is 2.80. The van der Waals surface area contributed by atoms with E-state index in [1.807, 2.05) is 40.0 Å². The number of furan rings is 1. The zero-order valence-corrected chi connectivity index (χ0v) is 12.4. The predicted octanol–water partition coefficient (Wildman–Crippen LogP) is 1.29. The topological polar surface area (TPSA) is 71.5 Å². The Hall–Kier alpha value is -1.33. The molecule has 108 valence electrons. The van der Waals surface area contributed by atoms with Crippen molar-refractivity contribution < 1.29 is 9.21 Å². The normalized spacial score (nSPS) is 16.2. The van der Waals surface area contributed by atoms with E-state index in [-0.39, 0.29) is 23.9 Å². The zero-order chi connectivity index (χ0) is 14.6. The maximum absolute atomic E-state index is 11.6. The fourth-order valence-electron chi connectivity index (χ4n) is 2.36. The van der Waals surface area contributed by atoms with E-state index in [0.717, 1.165) is 11.5 Å². The highest BCUT2D eigenvalue weighted by Crippen LogP contribution is 2.25. The monoisotopic (exact) mass is 267 g/mol. The van der Waals surface area contributed by atoms with Gasteiger partial charge in [-0.15, -0.1) is 0 Å². The summed E-state index contributed by atoms with van der Waals surface area (Å²) in [4.78, 5) is 13.7. The molecule has 0 aliphatic carbocycles. The Labute approximate surface area is 115 Å². The number of carbonyl (C=O) groups excluding carboxylic acids is 1. The van der Waals surface area contributed by atoms with Gasteiger partial charge in [-0.2, -0.15) is 0 Å². The second-order valence-electron chi connectivity index (χ2n) is 5.21. The lowest BCUT2D eigenvalue weighted by Gasteiger charge is -2.31. The second-order valence-corrected chi connectivity index (χ2v) is 5.21. The van der Waals surface area contributed by atoms with Crippen molar-refractivity contribution in [2.24, 2.45) is 11.7 Å².